The van der Waals surface area contributed by atoms with Crippen molar-refractivity contribution < 1.29 is 19.4 Å². The van der Waals surface area contributed by atoms with Gasteiger partial charge in [0.1, 0.15) is 17.5 Å². The Balaban J connectivity index is 1.68. The highest BCUT2D eigenvalue weighted by atomic mass is 16.5. The summed E-state index contributed by atoms with van der Waals surface area (Å²) in [5.41, 5.74) is 1.79. The second-order valence-corrected chi connectivity index (χ2v) is 5.67. The van der Waals surface area contributed by atoms with Crippen molar-refractivity contribution in [1.82, 2.24) is 15.3 Å². The molecule has 1 aromatic heterocycles. The summed E-state index contributed by atoms with van der Waals surface area (Å²) in [4.78, 5) is 33.1. The number of carbonyl (C=O) groups excluding carboxylic acids is 2. The van der Waals surface area contributed by atoms with Gasteiger partial charge in [0.05, 0.1) is 30.9 Å². The average molecular weight is 366 g/mol. The molecule has 1 heterocycles. The predicted molar refractivity (Wildman–Crippen MR) is 99.5 cm³/mol. The molecule has 0 radical (unpaired) electrons. The first-order valence-corrected chi connectivity index (χ1v) is 8.19. The second kappa shape index (κ2) is 8.24. The lowest BCUT2D eigenvalue weighted by Crippen LogP contribution is -2.46. The number of aliphatic hydroxyl groups is 1. The van der Waals surface area contributed by atoms with Crippen molar-refractivity contribution in [2.24, 2.45) is 0 Å². The van der Waals surface area contributed by atoms with Crippen LogP contribution in [0.25, 0.3) is 11.0 Å². The zero-order chi connectivity index (χ0) is 19.2. The normalized spacial score (nSPS) is 11.6. The number of nitrogens with zero attached hydrogens (tertiary/aromatic N) is 2. The largest absolute Gasteiger partial charge is 0.497 e. The number of rotatable bonds is 6. The van der Waals surface area contributed by atoms with Crippen LogP contribution in [0.15, 0.2) is 54.7 Å². The summed E-state index contributed by atoms with van der Waals surface area (Å²) in [6.45, 7) is -0.561. The quantitative estimate of drug-likeness (QED) is 0.607. The molecule has 0 fully saturated rings. The van der Waals surface area contributed by atoms with Gasteiger partial charge in [0.2, 0.25) is 5.91 Å². The number of ether oxygens (including phenoxy) is 1. The Morgan fingerprint density at radius 3 is 2.48 bits per heavy atom. The molecule has 0 aliphatic heterocycles. The van der Waals surface area contributed by atoms with Crippen molar-refractivity contribution in [1.29, 1.82) is 0 Å². The Hall–Kier alpha value is -3.52. The number of para-hydroxylation sites is 2. The van der Waals surface area contributed by atoms with Crippen LogP contribution in [0.4, 0.5) is 5.69 Å². The highest BCUT2D eigenvalue weighted by Crippen LogP contribution is 2.15. The predicted octanol–water partition coefficient (Wildman–Crippen LogP) is 1.37. The summed E-state index contributed by atoms with van der Waals surface area (Å²) < 4.78 is 5.05. The van der Waals surface area contributed by atoms with Crippen LogP contribution in [-0.2, 0) is 4.79 Å². The van der Waals surface area contributed by atoms with Crippen molar-refractivity contribution in [2.75, 3.05) is 19.0 Å². The van der Waals surface area contributed by atoms with Gasteiger partial charge in [-0.15, -0.1) is 0 Å². The molecule has 0 unspecified atom stereocenters. The third-order valence-electron chi connectivity index (χ3n) is 3.84. The molecule has 0 aliphatic carbocycles. The lowest BCUT2D eigenvalue weighted by atomic mass is 10.2. The zero-order valence-corrected chi connectivity index (χ0v) is 14.5. The molecule has 0 saturated heterocycles. The SMILES string of the molecule is COc1ccc(NC(=O)[C@H](CO)NC(=O)c2cnc3ccccc3n2)cc1. The van der Waals surface area contributed by atoms with Crippen LogP contribution in [0, 0.1) is 0 Å². The number of anilines is 1. The molecule has 0 aliphatic rings. The van der Waals surface area contributed by atoms with E-state index in [9.17, 15) is 14.7 Å². The Labute approximate surface area is 155 Å². The van der Waals surface area contributed by atoms with E-state index < -0.39 is 24.5 Å². The van der Waals surface area contributed by atoms with Gasteiger partial charge in [-0.1, -0.05) is 12.1 Å². The molecule has 0 bridgehead atoms. The third kappa shape index (κ3) is 4.36. The van der Waals surface area contributed by atoms with E-state index in [1.54, 1.807) is 49.6 Å². The summed E-state index contributed by atoms with van der Waals surface area (Å²) >= 11 is 0. The molecule has 3 N–H and O–H groups in total. The number of benzene rings is 2. The molecular weight excluding hydrogens is 348 g/mol. The number of hydrogen-bond acceptors (Lipinski definition) is 6. The molecule has 138 valence electrons. The number of aliphatic hydroxyl groups excluding tert-OH is 1. The number of carbonyl (C=O) groups is 2. The fraction of sp³-hybridized carbons (Fsp3) is 0.158. The summed E-state index contributed by atoms with van der Waals surface area (Å²) in [6.07, 6.45) is 1.33. The maximum absolute atomic E-state index is 12.4. The molecule has 2 aromatic carbocycles. The smallest absolute Gasteiger partial charge is 0.272 e. The van der Waals surface area contributed by atoms with Crippen molar-refractivity contribution >= 4 is 28.5 Å². The number of fused-ring (bicyclic) bond motifs is 1. The third-order valence-corrected chi connectivity index (χ3v) is 3.84. The van der Waals surface area contributed by atoms with Crippen LogP contribution >= 0.6 is 0 Å². The molecule has 1 atom stereocenters. The Morgan fingerprint density at radius 2 is 1.81 bits per heavy atom. The van der Waals surface area contributed by atoms with Crippen molar-refractivity contribution in [3.63, 3.8) is 0 Å². The average Bonchev–Trinajstić information content (AvgIpc) is 2.71. The molecule has 2 amide bonds. The van der Waals surface area contributed by atoms with Crippen molar-refractivity contribution in [3.8, 4) is 5.75 Å². The first kappa shape index (κ1) is 18.3. The summed E-state index contributed by atoms with van der Waals surface area (Å²) in [5.74, 6) is -0.503. The van der Waals surface area contributed by atoms with Crippen molar-refractivity contribution in [3.05, 3.63) is 60.4 Å². The van der Waals surface area contributed by atoms with Gasteiger partial charge in [0.15, 0.2) is 0 Å². The highest BCUT2D eigenvalue weighted by molar-refractivity contribution is 6.00. The van der Waals surface area contributed by atoms with E-state index in [1.165, 1.54) is 6.20 Å². The van der Waals surface area contributed by atoms with E-state index in [2.05, 4.69) is 20.6 Å². The number of nitrogens with one attached hydrogen (secondary N) is 2. The summed E-state index contributed by atoms with van der Waals surface area (Å²) in [5, 5.41) is 14.6. The molecule has 3 aromatic rings. The zero-order valence-electron chi connectivity index (χ0n) is 14.5. The highest BCUT2D eigenvalue weighted by Gasteiger charge is 2.21. The number of aromatic nitrogens is 2. The van der Waals surface area contributed by atoms with Crippen LogP contribution in [0.3, 0.4) is 0 Å². The van der Waals surface area contributed by atoms with Gasteiger partial charge in [0.25, 0.3) is 5.91 Å². The minimum atomic E-state index is -1.13. The Kier molecular flexibility index (Phi) is 5.58. The first-order valence-electron chi connectivity index (χ1n) is 8.19. The molecule has 8 heteroatoms. The van der Waals surface area contributed by atoms with E-state index in [-0.39, 0.29) is 5.69 Å². The minimum Gasteiger partial charge on any atom is -0.497 e. The van der Waals surface area contributed by atoms with Crippen molar-refractivity contribution in [2.45, 2.75) is 6.04 Å². The second-order valence-electron chi connectivity index (χ2n) is 5.67. The molecule has 27 heavy (non-hydrogen) atoms. The van der Waals surface area contributed by atoms with Crippen LogP contribution in [0.1, 0.15) is 10.5 Å². The molecule has 8 nitrogen and oxygen atoms in total. The number of methoxy groups -OCH3 is 1. The van der Waals surface area contributed by atoms with E-state index in [0.717, 1.165) is 0 Å². The van der Waals surface area contributed by atoms with Crippen LogP contribution in [0.2, 0.25) is 0 Å². The van der Waals surface area contributed by atoms with Gasteiger partial charge in [-0.25, -0.2) is 4.98 Å². The standard InChI is InChI=1S/C19H18N4O4/c1-27-13-8-6-12(7-9-13)21-19(26)17(11-24)23-18(25)16-10-20-14-4-2-3-5-15(14)22-16/h2-10,17,24H,11H2,1H3,(H,21,26)(H,23,25)/t17-/m0/s1. The number of amides is 2. The molecule has 0 spiro atoms. The number of hydrogen-bond donors (Lipinski definition) is 3. The summed E-state index contributed by atoms with van der Waals surface area (Å²) in [6, 6.07) is 12.7. The summed E-state index contributed by atoms with van der Waals surface area (Å²) in [7, 11) is 1.54. The Bertz CT molecular complexity index is 959. The Morgan fingerprint density at radius 1 is 1.11 bits per heavy atom. The van der Waals surface area contributed by atoms with Gasteiger partial charge in [-0.2, -0.15) is 0 Å². The first-order chi connectivity index (χ1) is 13.1. The van der Waals surface area contributed by atoms with E-state index in [0.29, 0.717) is 22.5 Å². The van der Waals surface area contributed by atoms with Crippen LogP contribution in [0.5, 0.6) is 5.75 Å². The lowest BCUT2D eigenvalue weighted by Gasteiger charge is -2.16. The monoisotopic (exact) mass is 366 g/mol. The fourth-order valence-corrected chi connectivity index (χ4v) is 2.40. The fourth-order valence-electron chi connectivity index (χ4n) is 2.40. The lowest BCUT2D eigenvalue weighted by molar-refractivity contribution is -0.118. The van der Waals surface area contributed by atoms with Gasteiger partial charge in [-0.3, -0.25) is 14.6 Å². The van der Waals surface area contributed by atoms with Gasteiger partial charge in [0, 0.05) is 5.69 Å². The van der Waals surface area contributed by atoms with Crippen LogP contribution in [-0.4, -0.2) is 46.6 Å². The molecular formula is C19H18N4O4. The molecule has 0 saturated carbocycles. The van der Waals surface area contributed by atoms with Crippen LogP contribution < -0.4 is 15.4 Å². The van der Waals surface area contributed by atoms with E-state index in [1.807, 2.05) is 6.07 Å². The topological polar surface area (TPSA) is 113 Å². The maximum atomic E-state index is 12.4. The van der Waals surface area contributed by atoms with Gasteiger partial charge < -0.3 is 20.5 Å². The van der Waals surface area contributed by atoms with E-state index >= 15 is 0 Å². The van der Waals surface area contributed by atoms with Gasteiger partial charge >= 0.3 is 0 Å². The van der Waals surface area contributed by atoms with Gasteiger partial charge in [-0.05, 0) is 36.4 Å². The maximum Gasteiger partial charge on any atom is 0.272 e. The minimum absolute atomic E-state index is 0.0596. The molecule has 3 rings (SSSR count). The van der Waals surface area contributed by atoms with E-state index in [4.69, 9.17) is 4.74 Å².